The minimum absolute atomic E-state index is 0.0992. The molecular formula is C23H25N5O4S. The molecule has 0 aliphatic heterocycles. The lowest BCUT2D eigenvalue weighted by Gasteiger charge is -2.07. The number of nitrogens with zero attached hydrogens (tertiary/aromatic N) is 3. The molecule has 0 spiro atoms. The van der Waals surface area contributed by atoms with Gasteiger partial charge >= 0.3 is 5.97 Å². The van der Waals surface area contributed by atoms with Crippen LogP contribution in [0.1, 0.15) is 39.0 Å². The van der Waals surface area contributed by atoms with Gasteiger partial charge in [0.05, 0.1) is 18.7 Å². The third kappa shape index (κ3) is 5.92. The van der Waals surface area contributed by atoms with E-state index in [1.165, 1.54) is 4.68 Å². The first-order valence-electron chi connectivity index (χ1n) is 10.3. The van der Waals surface area contributed by atoms with Crippen LogP contribution in [0.5, 0.6) is 0 Å². The van der Waals surface area contributed by atoms with Gasteiger partial charge in [0, 0.05) is 18.3 Å². The molecule has 1 heterocycles. The molecule has 0 aliphatic rings. The Hall–Kier alpha value is -3.79. The summed E-state index contributed by atoms with van der Waals surface area (Å²) in [7, 11) is 1.73. The number of benzene rings is 2. The van der Waals surface area contributed by atoms with Crippen molar-refractivity contribution in [2.45, 2.75) is 26.9 Å². The summed E-state index contributed by atoms with van der Waals surface area (Å²) in [6, 6.07) is 13.7. The lowest BCUT2D eigenvalue weighted by molar-refractivity contribution is -0.116. The Bertz CT molecular complexity index is 1230. The fourth-order valence-electron chi connectivity index (χ4n) is 3.11. The molecule has 0 saturated carbocycles. The van der Waals surface area contributed by atoms with Gasteiger partial charge in [0.2, 0.25) is 5.91 Å². The molecule has 3 aromatic rings. The topological polar surface area (TPSA) is 107 Å². The van der Waals surface area contributed by atoms with Gasteiger partial charge in [0.25, 0.3) is 5.91 Å². The minimum Gasteiger partial charge on any atom is -0.462 e. The highest BCUT2D eigenvalue weighted by Gasteiger charge is 2.14. The second-order valence-corrected chi connectivity index (χ2v) is 7.62. The number of ether oxygens (including phenoxy) is 1. The van der Waals surface area contributed by atoms with Crippen molar-refractivity contribution in [2.75, 3.05) is 11.9 Å². The molecule has 10 heteroatoms. The van der Waals surface area contributed by atoms with Crippen LogP contribution in [-0.2, 0) is 29.7 Å². The standard InChI is InChI=1S/C23H25N5O4S/c1-4-32-22(31)16-9-11-17(12-10-16)25-20(29)14-28-23(33)27(3)19(26-28)13-24-21(30)18-8-6-5-7-15(18)2/h5-12H,4,13-14H2,1-3H3,(H,24,30)(H,25,29). The summed E-state index contributed by atoms with van der Waals surface area (Å²) in [4.78, 5) is 36.6. The minimum atomic E-state index is -0.419. The summed E-state index contributed by atoms with van der Waals surface area (Å²) < 4.78 is 8.34. The highest BCUT2D eigenvalue weighted by molar-refractivity contribution is 7.71. The number of carbonyl (C=O) groups is 3. The molecule has 2 aromatic carbocycles. The van der Waals surface area contributed by atoms with Crippen molar-refractivity contribution < 1.29 is 19.1 Å². The van der Waals surface area contributed by atoms with Crippen LogP contribution in [0.15, 0.2) is 48.5 Å². The van der Waals surface area contributed by atoms with Crippen molar-refractivity contribution in [3.05, 3.63) is 75.8 Å². The van der Waals surface area contributed by atoms with Gasteiger partial charge in [0.15, 0.2) is 10.6 Å². The molecule has 0 aliphatic carbocycles. The second kappa shape index (κ2) is 10.7. The first-order chi connectivity index (χ1) is 15.8. The van der Waals surface area contributed by atoms with Gasteiger partial charge in [-0.05, 0) is 62.0 Å². The summed E-state index contributed by atoms with van der Waals surface area (Å²) in [6.45, 7) is 3.96. The van der Waals surface area contributed by atoms with E-state index >= 15 is 0 Å². The van der Waals surface area contributed by atoms with Crippen molar-refractivity contribution in [1.82, 2.24) is 19.7 Å². The second-order valence-electron chi connectivity index (χ2n) is 7.26. The average Bonchev–Trinajstić information content (AvgIpc) is 3.06. The smallest absolute Gasteiger partial charge is 0.338 e. The first kappa shape index (κ1) is 23.9. The highest BCUT2D eigenvalue weighted by Crippen LogP contribution is 2.11. The predicted molar refractivity (Wildman–Crippen MR) is 125 cm³/mol. The van der Waals surface area contributed by atoms with Gasteiger partial charge in [-0.2, -0.15) is 5.10 Å². The molecule has 0 bridgehead atoms. The molecule has 0 atom stereocenters. The summed E-state index contributed by atoms with van der Waals surface area (Å²) in [6.07, 6.45) is 0. The van der Waals surface area contributed by atoms with Gasteiger partial charge in [-0.3, -0.25) is 9.59 Å². The zero-order valence-corrected chi connectivity index (χ0v) is 19.4. The number of amides is 2. The Labute approximate surface area is 196 Å². The van der Waals surface area contributed by atoms with Gasteiger partial charge < -0.3 is 19.9 Å². The largest absolute Gasteiger partial charge is 0.462 e. The maximum atomic E-state index is 12.5. The van der Waals surface area contributed by atoms with Crippen LogP contribution in [-0.4, -0.2) is 38.7 Å². The number of aryl methyl sites for hydroxylation is 1. The quantitative estimate of drug-likeness (QED) is 0.390. The molecule has 172 valence electrons. The number of carbonyl (C=O) groups excluding carboxylic acids is 3. The van der Waals surface area contributed by atoms with E-state index in [1.54, 1.807) is 54.9 Å². The Morgan fingerprint density at radius 1 is 1.09 bits per heavy atom. The maximum Gasteiger partial charge on any atom is 0.338 e. The molecule has 0 fully saturated rings. The van der Waals surface area contributed by atoms with E-state index in [4.69, 9.17) is 17.0 Å². The fraction of sp³-hybridized carbons (Fsp3) is 0.261. The number of hydrogen-bond donors (Lipinski definition) is 2. The van der Waals surface area contributed by atoms with E-state index in [1.807, 2.05) is 19.1 Å². The van der Waals surface area contributed by atoms with Crippen molar-refractivity contribution >= 4 is 35.7 Å². The van der Waals surface area contributed by atoms with E-state index in [2.05, 4.69) is 15.7 Å². The number of hydrogen-bond acceptors (Lipinski definition) is 6. The monoisotopic (exact) mass is 467 g/mol. The Kier molecular flexibility index (Phi) is 7.73. The third-order valence-corrected chi connectivity index (χ3v) is 5.39. The van der Waals surface area contributed by atoms with Crippen molar-refractivity contribution in [2.24, 2.45) is 7.05 Å². The average molecular weight is 468 g/mol. The van der Waals surface area contributed by atoms with Crippen LogP contribution >= 0.6 is 12.2 Å². The third-order valence-electron chi connectivity index (χ3n) is 4.90. The molecular weight excluding hydrogens is 442 g/mol. The van der Waals surface area contributed by atoms with Crippen molar-refractivity contribution in [1.29, 1.82) is 0 Å². The van der Waals surface area contributed by atoms with E-state index in [0.29, 0.717) is 34.0 Å². The van der Waals surface area contributed by atoms with Crippen LogP contribution in [0.25, 0.3) is 0 Å². The molecule has 0 saturated heterocycles. The van der Waals surface area contributed by atoms with E-state index in [-0.39, 0.29) is 24.9 Å². The SMILES string of the molecule is CCOC(=O)c1ccc(NC(=O)Cn2nc(CNC(=O)c3ccccc3C)n(C)c2=S)cc1. The Morgan fingerprint density at radius 2 is 1.79 bits per heavy atom. The van der Waals surface area contributed by atoms with E-state index in [0.717, 1.165) is 5.56 Å². The van der Waals surface area contributed by atoms with Gasteiger partial charge in [0.1, 0.15) is 6.54 Å². The molecule has 1 aromatic heterocycles. The van der Waals surface area contributed by atoms with Crippen molar-refractivity contribution in [3.63, 3.8) is 0 Å². The first-order valence-corrected chi connectivity index (χ1v) is 10.7. The van der Waals surface area contributed by atoms with E-state index in [9.17, 15) is 14.4 Å². The zero-order chi connectivity index (χ0) is 24.0. The summed E-state index contributed by atoms with van der Waals surface area (Å²) in [5.74, 6) is -0.438. The number of aromatic nitrogens is 3. The number of nitrogens with one attached hydrogen (secondary N) is 2. The van der Waals surface area contributed by atoms with Crippen LogP contribution in [0.3, 0.4) is 0 Å². The molecule has 0 unspecified atom stereocenters. The van der Waals surface area contributed by atoms with E-state index < -0.39 is 5.97 Å². The lowest BCUT2D eigenvalue weighted by Crippen LogP contribution is -2.25. The molecule has 3 rings (SSSR count). The number of anilines is 1. The highest BCUT2D eigenvalue weighted by atomic mass is 32.1. The summed E-state index contributed by atoms with van der Waals surface area (Å²) in [5.41, 5.74) is 2.40. The fourth-order valence-corrected chi connectivity index (χ4v) is 3.32. The van der Waals surface area contributed by atoms with Crippen LogP contribution in [0, 0.1) is 11.7 Å². The molecule has 9 nitrogen and oxygen atoms in total. The Balaban J connectivity index is 1.61. The summed E-state index contributed by atoms with van der Waals surface area (Å²) >= 11 is 5.38. The number of rotatable bonds is 8. The Morgan fingerprint density at radius 3 is 2.45 bits per heavy atom. The molecule has 2 amide bonds. The number of esters is 1. The van der Waals surface area contributed by atoms with Gasteiger partial charge in [-0.1, -0.05) is 18.2 Å². The van der Waals surface area contributed by atoms with Gasteiger partial charge in [-0.25, -0.2) is 9.48 Å². The maximum absolute atomic E-state index is 12.5. The van der Waals surface area contributed by atoms with Crippen LogP contribution < -0.4 is 10.6 Å². The molecule has 33 heavy (non-hydrogen) atoms. The van der Waals surface area contributed by atoms with Gasteiger partial charge in [-0.15, -0.1) is 0 Å². The molecule has 2 N–H and O–H groups in total. The normalized spacial score (nSPS) is 10.5. The zero-order valence-electron chi connectivity index (χ0n) is 18.6. The molecule has 0 radical (unpaired) electrons. The predicted octanol–water partition coefficient (Wildman–Crippen LogP) is 3.00. The lowest BCUT2D eigenvalue weighted by atomic mass is 10.1. The van der Waals surface area contributed by atoms with Crippen LogP contribution in [0.4, 0.5) is 5.69 Å². The van der Waals surface area contributed by atoms with Crippen LogP contribution in [0.2, 0.25) is 0 Å². The van der Waals surface area contributed by atoms with Crippen molar-refractivity contribution in [3.8, 4) is 0 Å². The summed E-state index contributed by atoms with van der Waals surface area (Å²) in [5, 5.41) is 9.95.